The minimum atomic E-state index is -1.11. The van der Waals surface area contributed by atoms with E-state index in [-0.39, 0.29) is 81.2 Å². The summed E-state index contributed by atoms with van der Waals surface area (Å²) in [6.07, 6.45) is 1.97. The summed E-state index contributed by atoms with van der Waals surface area (Å²) in [5.74, 6) is -4.47. The van der Waals surface area contributed by atoms with E-state index < -0.39 is 90.7 Å². The number of carbonyl (C=O) groups is 7. The second-order valence-electron chi connectivity index (χ2n) is 17.6. The zero-order valence-corrected chi connectivity index (χ0v) is 40.2. The number of nitrogens with two attached hydrogens (primary N) is 6. The Balaban J connectivity index is 2.23. The molecule has 0 aliphatic carbocycles. The molecule has 0 aromatic heterocycles. The van der Waals surface area contributed by atoms with Gasteiger partial charge in [0.15, 0.2) is 11.9 Å². The number of guanidine groups is 2. The van der Waals surface area contributed by atoms with Crippen LogP contribution in [-0.2, 0) is 46.4 Å². The molecule has 0 saturated heterocycles. The second-order valence-corrected chi connectivity index (χ2v) is 17.6. The van der Waals surface area contributed by atoms with Crippen LogP contribution in [0.4, 0.5) is 0 Å². The Morgan fingerprint density at radius 2 is 1.09 bits per heavy atom. The van der Waals surface area contributed by atoms with Gasteiger partial charge >= 0.3 is 0 Å². The summed E-state index contributed by atoms with van der Waals surface area (Å²) in [5, 5.41) is 28.8. The first kappa shape index (κ1) is 58.1. The van der Waals surface area contributed by atoms with Gasteiger partial charge in [-0.1, -0.05) is 70.2 Å². The molecule has 0 heterocycles. The number of nitrogens with zero attached hydrogens (tertiary/aromatic N) is 2. The van der Waals surface area contributed by atoms with Gasteiger partial charge in [0.2, 0.25) is 41.4 Å². The Morgan fingerprint density at radius 1 is 0.565 bits per heavy atom. The first-order valence-electron chi connectivity index (χ1n) is 23.1. The number of aliphatic imine (C=N–C) groups is 2. The fourth-order valence-corrected chi connectivity index (χ4v) is 7.04. The number of phenolic OH excluding ortho intramolecular Hbond substituents is 1. The second kappa shape index (κ2) is 31.1. The molecule has 2 aromatic carbocycles. The van der Waals surface area contributed by atoms with E-state index in [1.54, 1.807) is 36.4 Å². The molecule has 0 fully saturated rings. The molecule has 20 N–H and O–H groups in total. The third kappa shape index (κ3) is 25.1. The average molecular weight is 966 g/mol. The molecule has 23 heteroatoms. The van der Waals surface area contributed by atoms with Gasteiger partial charge < -0.3 is 76.7 Å². The zero-order chi connectivity index (χ0) is 51.5. The molecule has 0 saturated carbocycles. The summed E-state index contributed by atoms with van der Waals surface area (Å²) < 4.78 is 0. The van der Waals surface area contributed by atoms with Crippen molar-refractivity contribution >= 4 is 53.3 Å². The summed E-state index contributed by atoms with van der Waals surface area (Å²) in [5.41, 5.74) is 35.1. The van der Waals surface area contributed by atoms with E-state index in [0.29, 0.717) is 24.8 Å². The van der Waals surface area contributed by atoms with E-state index in [1.165, 1.54) is 12.1 Å². The van der Waals surface area contributed by atoms with Crippen LogP contribution in [0.5, 0.6) is 5.75 Å². The number of phenols is 1. The number of hydrogen-bond acceptors (Lipinski definition) is 12. The highest BCUT2D eigenvalue weighted by molar-refractivity contribution is 5.93. The predicted molar refractivity (Wildman–Crippen MR) is 263 cm³/mol. The lowest BCUT2D eigenvalue weighted by Crippen LogP contribution is -2.58. The van der Waals surface area contributed by atoms with Gasteiger partial charge in [-0.15, -0.1) is 0 Å². The van der Waals surface area contributed by atoms with Crippen molar-refractivity contribution < 1.29 is 38.7 Å². The molecule has 0 spiro atoms. The lowest BCUT2D eigenvalue weighted by molar-refractivity contribution is -0.132. The SMILES string of the molecule is CC(C)C[C@@H](CN[C@@H](CCCN=C(N)N)C(=O)N[C@@H](CCCN=C(N)N)C(=O)N[C@H](CC(C)C)C(N)=O)NC(=O)[C@H](Cc1ccccc1)NC(=O)CNC(=O)CNC(=O)[C@@H](N)Cc1ccc(O)cc1. The number of rotatable bonds is 32. The molecule has 0 aliphatic rings. The van der Waals surface area contributed by atoms with E-state index in [9.17, 15) is 38.7 Å². The first-order chi connectivity index (χ1) is 32.6. The molecule has 69 heavy (non-hydrogen) atoms. The number of hydrogen-bond donors (Lipinski definition) is 14. The van der Waals surface area contributed by atoms with Gasteiger partial charge in [0.05, 0.1) is 25.2 Å². The monoisotopic (exact) mass is 966 g/mol. The number of nitrogens with one attached hydrogen (secondary N) is 7. The van der Waals surface area contributed by atoms with Crippen LogP contribution in [0.25, 0.3) is 0 Å². The Bertz CT molecular complexity index is 2010. The van der Waals surface area contributed by atoms with E-state index >= 15 is 0 Å². The van der Waals surface area contributed by atoms with Crippen LogP contribution in [0.15, 0.2) is 64.6 Å². The summed E-state index contributed by atoms with van der Waals surface area (Å²) in [4.78, 5) is 101. The average Bonchev–Trinajstić information content (AvgIpc) is 3.28. The summed E-state index contributed by atoms with van der Waals surface area (Å²) in [6.45, 7) is 7.15. The van der Waals surface area contributed by atoms with Gasteiger partial charge in [0.25, 0.3) is 0 Å². The summed E-state index contributed by atoms with van der Waals surface area (Å²) in [7, 11) is 0. The number of benzene rings is 2. The van der Waals surface area contributed by atoms with E-state index in [2.05, 4.69) is 47.2 Å². The van der Waals surface area contributed by atoms with Gasteiger partial charge in [-0.25, -0.2) is 0 Å². The molecule has 0 aliphatic heterocycles. The van der Waals surface area contributed by atoms with Crippen LogP contribution < -0.4 is 71.6 Å². The van der Waals surface area contributed by atoms with Crippen LogP contribution in [0, 0.1) is 11.8 Å². The lowest BCUT2D eigenvalue weighted by Gasteiger charge is -2.28. The Kier molecular flexibility index (Phi) is 26.2. The third-order valence-electron chi connectivity index (χ3n) is 10.5. The maximum absolute atomic E-state index is 14.1. The van der Waals surface area contributed by atoms with E-state index in [0.717, 1.165) is 5.56 Å². The fourth-order valence-electron chi connectivity index (χ4n) is 7.04. The standard InChI is InChI=1S/C46H75N15O8/c1-27(2)20-31(24-55-34(12-8-18-53-45(49)50)42(67)60-35(13-9-19-54-46(51)52)43(68)61-36(40(48)65)21-28(3)4)58-44(69)37(23-29-10-6-5-7-11-29)59-39(64)26-56-38(63)25-57-41(66)33(47)22-30-14-16-32(62)17-15-30/h5-7,10-11,14-17,27-28,31,33-37,55,62H,8-9,12-13,18-26,47H2,1-4H3,(H2,48,65)(H,56,63)(H,57,66)(H,58,69)(H,59,64)(H,60,67)(H,61,68)(H4,49,50,53)(H4,51,52,54)/t31-,33-,34-,35-,36+,37-/m0/s1. The molecule has 2 aromatic rings. The Labute approximate surface area is 404 Å². The van der Waals surface area contributed by atoms with Crippen molar-refractivity contribution in [3.63, 3.8) is 0 Å². The zero-order valence-electron chi connectivity index (χ0n) is 40.2. The van der Waals surface area contributed by atoms with Crippen molar-refractivity contribution in [2.75, 3.05) is 32.7 Å². The van der Waals surface area contributed by atoms with Crippen molar-refractivity contribution in [2.45, 2.75) is 115 Å². The quantitative estimate of drug-likeness (QED) is 0.0202. The molecule has 23 nitrogen and oxygen atoms in total. The van der Waals surface area contributed by atoms with Crippen LogP contribution >= 0.6 is 0 Å². The molecule has 6 atom stereocenters. The number of aromatic hydroxyl groups is 1. The van der Waals surface area contributed by atoms with Gasteiger partial charge in [0, 0.05) is 32.1 Å². The molecule has 7 amide bonds. The highest BCUT2D eigenvalue weighted by atomic mass is 16.3. The van der Waals surface area contributed by atoms with Crippen LogP contribution in [0.3, 0.4) is 0 Å². The highest BCUT2D eigenvalue weighted by Crippen LogP contribution is 2.12. The van der Waals surface area contributed by atoms with Gasteiger partial charge in [-0.05, 0) is 80.0 Å². The normalized spacial score (nSPS) is 13.6. The third-order valence-corrected chi connectivity index (χ3v) is 10.5. The Morgan fingerprint density at radius 3 is 1.65 bits per heavy atom. The minimum Gasteiger partial charge on any atom is -0.508 e. The molecular formula is C46H75N15O8. The lowest BCUT2D eigenvalue weighted by atomic mass is 10.0. The van der Waals surface area contributed by atoms with Crippen molar-refractivity contribution in [3.8, 4) is 5.75 Å². The Hall–Kier alpha value is -7.01. The maximum Gasteiger partial charge on any atom is 0.243 e. The van der Waals surface area contributed by atoms with Gasteiger partial charge in [-0.2, -0.15) is 0 Å². The largest absolute Gasteiger partial charge is 0.508 e. The first-order valence-corrected chi connectivity index (χ1v) is 23.1. The molecule has 0 radical (unpaired) electrons. The van der Waals surface area contributed by atoms with Crippen LogP contribution in [-0.4, -0.2) is 127 Å². The maximum atomic E-state index is 14.1. The van der Waals surface area contributed by atoms with E-state index in [4.69, 9.17) is 34.4 Å². The van der Waals surface area contributed by atoms with Gasteiger partial charge in [0.1, 0.15) is 23.9 Å². The smallest absolute Gasteiger partial charge is 0.243 e. The van der Waals surface area contributed by atoms with Crippen molar-refractivity contribution in [2.24, 2.45) is 56.2 Å². The van der Waals surface area contributed by atoms with Crippen molar-refractivity contribution in [1.29, 1.82) is 0 Å². The topological polar surface area (TPSA) is 405 Å². The van der Waals surface area contributed by atoms with Crippen molar-refractivity contribution in [3.05, 3.63) is 65.7 Å². The molecule has 382 valence electrons. The summed E-state index contributed by atoms with van der Waals surface area (Å²) >= 11 is 0. The fraction of sp³-hybridized carbons (Fsp3) is 0.543. The number of carbonyl (C=O) groups excluding carboxylic acids is 7. The molecule has 0 bridgehead atoms. The van der Waals surface area contributed by atoms with Crippen molar-refractivity contribution in [1.82, 2.24) is 37.2 Å². The minimum absolute atomic E-state index is 0.0245. The van der Waals surface area contributed by atoms with Gasteiger partial charge in [-0.3, -0.25) is 43.5 Å². The highest BCUT2D eigenvalue weighted by Gasteiger charge is 2.30. The van der Waals surface area contributed by atoms with E-state index in [1.807, 2.05) is 33.8 Å². The number of amides is 7. The molecule has 2 rings (SSSR count). The molecular weight excluding hydrogens is 891 g/mol. The number of primary amides is 1. The van der Waals surface area contributed by atoms with Crippen LogP contribution in [0.1, 0.15) is 77.3 Å². The predicted octanol–water partition coefficient (Wildman–Crippen LogP) is -2.68. The summed E-state index contributed by atoms with van der Waals surface area (Å²) in [6, 6.07) is 9.53. The van der Waals surface area contributed by atoms with Crippen LogP contribution in [0.2, 0.25) is 0 Å². The molecule has 0 unspecified atom stereocenters.